The Morgan fingerprint density at radius 1 is 1.50 bits per heavy atom. The zero-order valence-electron chi connectivity index (χ0n) is 10.00. The second-order valence-corrected chi connectivity index (χ2v) is 5.50. The fourth-order valence-corrected chi connectivity index (χ4v) is 3.67. The normalized spacial score (nSPS) is 22.1. The molecule has 1 fully saturated rings. The number of alkyl halides is 3. The first-order chi connectivity index (χ1) is 8.54. The number of nitrogens with one attached hydrogen (secondary N) is 1. The molecule has 2 unspecified atom stereocenters. The minimum absolute atomic E-state index is 0.241. The molecular formula is C12H15F3N2S. The second-order valence-electron chi connectivity index (χ2n) is 4.35. The van der Waals surface area contributed by atoms with Crippen LogP contribution in [0.3, 0.4) is 0 Å². The molecule has 100 valence electrons. The van der Waals surface area contributed by atoms with E-state index in [9.17, 15) is 13.2 Å². The van der Waals surface area contributed by atoms with E-state index >= 15 is 0 Å². The third-order valence-electron chi connectivity index (χ3n) is 3.24. The van der Waals surface area contributed by atoms with Gasteiger partial charge in [0.2, 0.25) is 0 Å². The van der Waals surface area contributed by atoms with Crippen LogP contribution in [0.5, 0.6) is 0 Å². The van der Waals surface area contributed by atoms with E-state index in [4.69, 9.17) is 0 Å². The lowest BCUT2D eigenvalue weighted by molar-refractivity contribution is -0.138. The number of hydrogen-bond acceptors (Lipinski definition) is 3. The predicted octanol–water partition coefficient (Wildman–Crippen LogP) is 3.11. The van der Waals surface area contributed by atoms with E-state index < -0.39 is 11.7 Å². The van der Waals surface area contributed by atoms with Crippen LogP contribution in [-0.2, 0) is 6.18 Å². The molecule has 2 atom stereocenters. The minimum atomic E-state index is -4.32. The highest BCUT2D eigenvalue weighted by Crippen LogP contribution is 2.39. The Morgan fingerprint density at radius 2 is 2.28 bits per heavy atom. The molecule has 1 saturated heterocycles. The number of aromatic nitrogens is 1. The van der Waals surface area contributed by atoms with E-state index in [0.29, 0.717) is 0 Å². The van der Waals surface area contributed by atoms with Gasteiger partial charge in [-0.25, -0.2) is 0 Å². The number of hydrogen-bond donors (Lipinski definition) is 1. The van der Waals surface area contributed by atoms with Crippen LogP contribution < -0.4 is 5.32 Å². The Kier molecular flexibility index (Phi) is 4.17. The summed E-state index contributed by atoms with van der Waals surface area (Å²) in [6, 6.07) is 0.784. The Balaban J connectivity index is 2.35. The molecule has 0 spiro atoms. The summed E-state index contributed by atoms with van der Waals surface area (Å²) < 4.78 is 38.9. The highest BCUT2D eigenvalue weighted by Gasteiger charge is 2.37. The van der Waals surface area contributed by atoms with Gasteiger partial charge in [-0.05, 0) is 42.5 Å². The van der Waals surface area contributed by atoms with E-state index in [1.807, 2.05) is 0 Å². The van der Waals surface area contributed by atoms with Crippen molar-refractivity contribution < 1.29 is 13.2 Å². The van der Waals surface area contributed by atoms with E-state index in [0.717, 1.165) is 24.0 Å². The Bertz CT molecular complexity index is 403. The second kappa shape index (κ2) is 5.48. The van der Waals surface area contributed by atoms with Crippen LogP contribution in [0, 0.1) is 5.92 Å². The number of thioether (sulfide) groups is 1. The average Bonchev–Trinajstić information content (AvgIpc) is 2.83. The Labute approximate surface area is 108 Å². The number of rotatable bonds is 3. The monoisotopic (exact) mass is 276 g/mol. The highest BCUT2D eigenvalue weighted by molar-refractivity contribution is 7.99. The molecule has 1 N–H and O–H groups in total. The molecule has 6 heteroatoms. The summed E-state index contributed by atoms with van der Waals surface area (Å²) in [6.45, 7) is 0. The standard InChI is InChI=1S/C12H15F3N2S/c1-16-11(8-3-5-18-7-8)9-6-17-4-2-10(9)12(13,14)15/h2,4,6,8,11,16H,3,5,7H2,1H3. The topological polar surface area (TPSA) is 24.9 Å². The molecule has 18 heavy (non-hydrogen) atoms. The first-order valence-electron chi connectivity index (χ1n) is 5.80. The number of nitrogens with zero attached hydrogens (tertiary/aromatic N) is 1. The van der Waals surface area contributed by atoms with Gasteiger partial charge < -0.3 is 5.32 Å². The summed E-state index contributed by atoms with van der Waals surface area (Å²) in [6.07, 6.45) is -0.836. The van der Waals surface area contributed by atoms with Gasteiger partial charge in [0.15, 0.2) is 0 Å². The molecule has 0 amide bonds. The van der Waals surface area contributed by atoms with Gasteiger partial charge in [0.05, 0.1) is 5.56 Å². The molecule has 0 saturated carbocycles. The van der Waals surface area contributed by atoms with Crippen molar-refractivity contribution in [2.45, 2.75) is 18.6 Å². The summed E-state index contributed by atoms with van der Waals surface area (Å²) in [5.74, 6) is 2.16. The first kappa shape index (κ1) is 13.7. The maximum absolute atomic E-state index is 13.0. The molecule has 0 aliphatic carbocycles. The Hall–Kier alpha value is -0.750. The Morgan fingerprint density at radius 3 is 2.83 bits per heavy atom. The molecule has 2 heterocycles. The average molecular weight is 276 g/mol. The van der Waals surface area contributed by atoms with E-state index in [-0.39, 0.29) is 17.5 Å². The van der Waals surface area contributed by atoms with Crippen molar-refractivity contribution in [2.75, 3.05) is 18.6 Å². The third kappa shape index (κ3) is 2.80. The van der Waals surface area contributed by atoms with Crippen LogP contribution in [0.1, 0.15) is 23.6 Å². The van der Waals surface area contributed by atoms with Gasteiger partial charge in [0, 0.05) is 18.4 Å². The maximum Gasteiger partial charge on any atom is 0.416 e. The molecule has 1 aromatic rings. The third-order valence-corrected chi connectivity index (χ3v) is 4.43. The summed E-state index contributed by atoms with van der Waals surface area (Å²) in [7, 11) is 1.71. The van der Waals surface area contributed by atoms with E-state index in [1.54, 1.807) is 18.8 Å². The van der Waals surface area contributed by atoms with Crippen LogP contribution in [0.15, 0.2) is 18.5 Å². The summed E-state index contributed by atoms with van der Waals surface area (Å²) in [4.78, 5) is 3.85. The molecule has 1 aliphatic heterocycles. The molecule has 1 aliphatic rings. The van der Waals surface area contributed by atoms with Crippen molar-refractivity contribution in [3.63, 3.8) is 0 Å². The highest BCUT2D eigenvalue weighted by atomic mass is 32.2. The van der Waals surface area contributed by atoms with Crippen molar-refractivity contribution in [1.82, 2.24) is 10.3 Å². The van der Waals surface area contributed by atoms with Crippen molar-refractivity contribution in [2.24, 2.45) is 5.92 Å². The van der Waals surface area contributed by atoms with Crippen LogP contribution >= 0.6 is 11.8 Å². The van der Waals surface area contributed by atoms with Gasteiger partial charge >= 0.3 is 6.18 Å². The zero-order valence-corrected chi connectivity index (χ0v) is 10.8. The smallest absolute Gasteiger partial charge is 0.313 e. The van der Waals surface area contributed by atoms with E-state index in [2.05, 4.69) is 10.3 Å². The van der Waals surface area contributed by atoms with Crippen LogP contribution in [0.25, 0.3) is 0 Å². The predicted molar refractivity (Wildman–Crippen MR) is 66.5 cm³/mol. The van der Waals surface area contributed by atoms with Crippen LogP contribution in [0.4, 0.5) is 13.2 Å². The largest absolute Gasteiger partial charge is 0.416 e. The minimum Gasteiger partial charge on any atom is -0.313 e. The van der Waals surface area contributed by atoms with Crippen LogP contribution in [-0.4, -0.2) is 23.5 Å². The fourth-order valence-electron chi connectivity index (χ4n) is 2.37. The lowest BCUT2D eigenvalue weighted by atomic mass is 9.90. The molecule has 0 bridgehead atoms. The van der Waals surface area contributed by atoms with Gasteiger partial charge in [-0.1, -0.05) is 0 Å². The molecule has 0 aromatic carbocycles. The summed E-state index contributed by atoms with van der Waals surface area (Å²) in [5, 5.41) is 3.02. The lowest BCUT2D eigenvalue weighted by Gasteiger charge is -2.25. The molecule has 1 aromatic heterocycles. The molecule has 0 radical (unpaired) electrons. The maximum atomic E-state index is 13.0. The van der Waals surface area contributed by atoms with Gasteiger partial charge in [-0.15, -0.1) is 0 Å². The quantitative estimate of drug-likeness (QED) is 0.918. The lowest BCUT2D eigenvalue weighted by Crippen LogP contribution is -2.28. The van der Waals surface area contributed by atoms with Crippen LogP contribution in [0.2, 0.25) is 0 Å². The van der Waals surface area contributed by atoms with Crippen molar-refractivity contribution >= 4 is 11.8 Å². The summed E-state index contributed by atoms with van der Waals surface area (Å²) in [5.41, 5.74) is -0.311. The van der Waals surface area contributed by atoms with Gasteiger partial charge in [0.25, 0.3) is 0 Å². The number of pyridine rings is 1. The van der Waals surface area contributed by atoms with Gasteiger partial charge in [-0.3, -0.25) is 4.98 Å². The summed E-state index contributed by atoms with van der Waals surface area (Å²) >= 11 is 1.79. The SMILES string of the molecule is CNC(c1cnccc1C(F)(F)F)C1CCSC1. The van der Waals surface area contributed by atoms with Crippen molar-refractivity contribution in [3.8, 4) is 0 Å². The zero-order chi connectivity index (χ0) is 13.2. The number of halogens is 3. The molecule has 2 nitrogen and oxygen atoms in total. The van der Waals surface area contributed by atoms with Gasteiger partial charge in [0.1, 0.15) is 0 Å². The van der Waals surface area contributed by atoms with Crippen molar-refractivity contribution in [3.05, 3.63) is 29.6 Å². The molecule has 2 rings (SSSR count). The van der Waals surface area contributed by atoms with Gasteiger partial charge in [-0.2, -0.15) is 24.9 Å². The fraction of sp³-hybridized carbons (Fsp3) is 0.583. The first-order valence-corrected chi connectivity index (χ1v) is 6.95. The molecular weight excluding hydrogens is 261 g/mol. The van der Waals surface area contributed by atoms with Crippen molar-refractivity contribution in [1.29, 1.82) is 0 Å². The van der Waals surface area contributed by atoms with E-state index in [1.165, 1.54) is 12.4 Å².